The van der Waals surface area contributed by atoms with E-state index in [1.165, 1.54) is 16.2 Å². The van der Waals surface area contributed by atoms with E-state index in [1.54, 1.807) is 47.1 Å². The molecule has 2 aromatic carbocycles. The number of sulfonamides is 1. The summed E-state index contributed by atoms with van der Waals surface area (Å²) in [6.45, 7) is 2.24. The van der Waals surface area contributed by atoms with Gasteiger partial charge >= 0.3 is 0 Å². The Morgan fingerprint density at radius 3 is 2.34 bits per heavy atom. The Kier molecular flexibility index (Phi) is 7.14. The lowest BCUT2D eigenvalue weighted by atomic mass is 10.1. The number of morpholine rings is 1. The molecule has 1 fully saturated rings. The number of anilines is 1. The van der Waals surface area contributed by atoms with Crippen LogP contribution in [-0.4, -0.2) is 56.8 Å². The van der Waals surface area contributed by atoms with Crippen LogP contribution in [0, 0.1) is 0 Å². The van der Waals surface area contributed by atoms with Crippen molar-refractivity contribution in [3.63, 3.8) is 0 Å². The number of ether oxygens (including phenoxy) is 1. The molecule has 168 valence electrons. The third kappa shape index (κ3) is 5.50. The topological polar surface area (TPSA) is 88.6 Å². The molecule has 32 heavy (non-hydrogen) atoms. The number of carbonyl (C=O) groups excluding carboxylic acids is 1. The molecule has 1 aliphatic heterocycles. The molecule has 7 nitrogen and oxygen atoms in total. The maximum atomic E-state index is 12.8. The highest BCUT2D eigenvalue weighted by Gasteiger charge is 2.20. The van der Waals surface area contributed by atoms with Gasteiger partial charge in [0.15, 0.2) is 5.13 Å². The number of aromatic nitrogens is 1. The molecule has 0 bridgehead atoms. The van der Waals surface area contributed by atoms with Crippen LogP contribution in [0.15, 0.2) is 64.5 Å². The molecular weight excluding hydrogens is 466 g/mol. The van der Waals surface area contributed by atoms with Gasteiger partial charge in [0.05, 0.1) is 24.5 Å². The van der Waals surface area contributed by atoms with Gasteiger partial charge in [0.1, 0.15) is 0 Å². The SMILES string of the molecule is CSc1ccc(-c2ccc(S(=O)(=O)Nc3ncc(CC(=O)N4CCOCC4)s3)cc2)cc1. The molecule has 1 aromatic heterocycles. The number of nitrogens with one attached hydrogen (secondary N) is 1. The lowest BCUT2D eigenvalue weighted by Crippen LogP contribution is -2.41. The first-order chi connectivity index (χ1) is 15.4. The van der Waals surface area contributed by atoms with Gasteiger partial charge in [-0.1, -0.05) is 24.3 Å². The van der Waals surface area contributed by atoms with Crippen molar-refractivity contribution in [2.45, 2.75) is 16.2 Å². The zero-order chi connectivity index (χ0) is 22.6. The molecule has 0 radical (unpaired) electrons. The van der Waals surface area contributed by atoms with Crippen LogP contribution in [0.2, 0.25) is 0 Å². The Morgan fingerprint density at radius 1 is 1.09 bits per heavy atom. The summed E-state index contributed by atoms with van der Waals surface area (Å²) in [5.41, 5.74) is 1.96. The monoisotopic (exact) mass is 489 g/mol. The molecule has 1 N–H and O–H groups in total. The Balaban J connectivity index is 1.41. The van der Waals surface area contributed by atoms with E-state index in [0.29, 0.717) is 31.2 Å². The zero-order valence-corrected chi connectivity index (χ0v) is 19.9. The van der Waals surface area contributed by atoms with E-state index < -0.39 is 10.0 Å². The van der Waals surface area contributed by atoms with E-state index in [0.717, 1.165) is 11.1 Å². The quantitative estimate of drug-likeness (QED) is 0.509. The predicted octanol–water partition coefficient (Wildman–Crippen LogP) is 3.73. The normalized spacial score (nSPS) is 14.3. The van der Waals surface area contributed by atoms with Gasteiger partial charge < -0.3 is 9.64 Å². The van der Waals surface area contributed by atoms with E-state index in [-0.39, 0.29) is 22.4 Å². The smallest absolute Gasteiger partial charge is 0.263 e. The number of thioether (sulfide) groups is 1. The van der Waals surface area contributed by atoms with Gasteiger partial charge in [0.25, 0.3) is 10.0 Å². The van der Waals surface area contributed by atoms with Crippen molar-refractivity contribution in [2.24, 2.45) is 0 Å². The summed E-state index contributed by atoms with van der Waals surface area (Å²) in [4.78, 5) is 20.3. The van der Waals surface area contributed by atoms with Crippen LogP contribution in [0.5, 0.6) is 0 Å². The predicted molar refractivity (Wildman–Crippen MR) is 128 cm³/mol. The number of thiazole rings is 1. The molecule has 1 amide bonds. The summed E-state index contributed by atoms with van der Waals surface area (Å²) in [5, 5.41) is 0.242. The fourth-order valence-electron chi connectivity index (χ4n) is 3.29. The molecule has 0 unspecified atom stereocenters. The standard InChI is InChI=1S/C22H23N3O4S3/c1-30-18-6-2-16(3-7-18)17-4-8-20(9-5-17)32(27,28)24-22-23-15-19(31-22)14-21(26)25-10-12-29-13-11-25/h2-9,15H,10-14H2,1H3,(H,23,24). The average Bonchev–Trinajstić information content (AvgIpc) is 3.25. The molecule has 1 aliphatic rings. The highest BCUT2D eigenvalue weighted by molar-refractivity contribution is 7.98. The minimum atomic E-state index is -3.78. The Hall–Kier alpha value is -2.40. The molecule has 0 atom stereocenters. The van der Waals surface area contributed by atoms with Crippen LogP contribution in [0.3, 0.4) is 0 Å². The summed E-state index contributed by atoms with van der Waals surface area (Å²) in [6.07, 6.45) is 3.76. The molecule has 3 aromatic rings. The Morgan fingerprint density at radius 2 is 1.72 bits per heavy atom. The first kappa shape index (κ1) is 22.8. The zero-order valence-electron chi connectivity index (χ0n) is 17.5. The van der Waals surface area contributed by atoms with Crippen molar-refractivity contribution >= 4 is 44.2 Å². The fourth-order valence-corrected chi connectivity index (χ4v) is 5.75. The fraction of sp³-hybridized carbons (Fsp3) is 0.273. The maximum absolute atomic E-state index is 12.8. The average molecular weight is 490 g/mol. The van der Waals surface area contributed by atoms with E-state index in [2.05, 4.69) is 9.71 Å². The summed E-state index contributed by atoms with van der Waals surface area (Å²) >= 11 is 2.84. The summed E-state index contributed by atoms with van der Waals surface area (Å²) in [7, 11) is -3.78. The second-order valence-electron chi connectivity index (χ2n) is 7.16. The third-order valence-corrected chi connectivity index (χ3v) is 8.19. The van der Waals surface area contributed by atoms with E-state index in [1.807, 2.05) is 30.5 Å². The summed E-state index contributed by atoms with van der Waals surface area (Å²) in [6, 6.07) is 14.8. The van der Waals surface area contributed by atoms with Gasteiger partial charge in [0, 0.05) is 29.1 Å². The van der Waals surface area contributed by atoms with Crippen LogP contribution in [0.4, 0.5) is 5.13 Å². The highest BCUT2D eigenvalue weighted by Crippen LogP contribution is 2.26. The van der Waals surface area contributed by atoms with Crippen LogP contribution in [-0.2, 0) is 26.0 Å². The second kappa shape index (κ2) is 10.0. The molecular formula is C22H23N3O4S3. The van der Waals surface area contributed by atoms with E-state index in [9.17, 15) is 13.2 Å². The first-order valence-electron chi connectivity index (χ1n) is 10.0. The van der Waals surface area contributed by atoms with Crippen molar-refractivity contribution in [1.29, 1.82) is 0 Å². The van der Waals surface area contributed by atoms with Gasteiger partial charge in [0.2, 0.25) is 5.91 Å². The minimum Gasteiger partial charge on any atom is -0.378 e. The van der Waals surface area contributed by atoms with Crippen LogP contribution >= 0.6 is 23.1 Å². The molecule has 0 spiro atoms. The van der Waals surface area contributed by atoms with Gasteiger partial charge in [-0.05, 0) is 41.6 Å². The Bertz CT molecular complexity index is 1170. The lowest BCUT2D eigenvalue weighted by molar-refractivity contribution is -0.134. The van der Waals surface area contributed by atoms with Crippen LogP contribution in [0.25, 0.3) is 11.1 Å². The lowest BCUT2D eigenvalue weighted by Gasteiger charge is -2.26. The largest absolute Gasteiger partial charge is 0.378 e. The first-order valence-corrected chi connectivity index (χ1v) is 13.5. The minimum absolute atomic E-state index is 0.00694. The van der Waals surface area contributed by atoms with Crippen molar-refractivity contribution < 1.29 is 17.9 Å². The summed E-state index contributed by atoms with van der Waals surface area (Å²) in [5.74, 6) is -0.00694. The molecule has 10 heteroatoms. The number of carbonyl (C=O) groups is 1. The number of rotatable bonds is 7. The van der Waals surface area contributed by atoms with Gasteiger partial charge in [-0.15, -0.1) is 23.1 Å². The number of hydrogen-bond donors (Lipinski definition) is 1. The second-order valence-corrected chi connectivity index (χ2v) is 10.8. The number of hydrogen-bond acceptors (Lipinski definition) is 7. The Labute approximate surface area is 195 Å². The van der Waals surface area contributed by atoms with Crippen molar-refractivity contribution in [1.82, 2.24) is 9.88 Å². The van der Waals surface area contributed by atoms with Gasteiger partial charge in [-0.3, -0.25) is 9.52 Å². The van der Waals surface area contributed by atoms with Crippen molar-refractivity contribution in [2.75, 3.05) is 37.3 Å². The molecule has 1 saturated heterocycles. The summed E-state index contributed by atoms with van der Waals surface area (Å²) < 4.78 is 33.3. The van der Waals surface area contributed by atoms with Crippen LogP contribution in [0.1, 0.15) is 4.88 Å². The molecule has 0 saturated carbocycles. The molecule has 4 rings (SSSR count). The number of amides is 1. The number of nitrogens with zero attached hydrogens (tertiary/aromatic N) is 2. The maximum Gasteiger partial charge on any atom is 0.263 e. The third-order valence-electron chi connectivity index (χ3n) is 5.05. The number of benzene rings is 2. The highest BCUT2D eigenvalue weighted by atomic mass is 32.2. The van der Waals surface area contributed by atoms with Gasteiger partial charge in [-0.2, -0.15) is 0 Å². The van der Waals surface area contributed by atoms with E-state index >= 15 is 0 Å². The van der Waals surface area contributed by atoms with Gasteiger partial charge in [-0.25, -0.2) is 13.4 Å². The van der Waals surface area contributed by atoms with Crippen LogP contribution < -0.4 is 4.72 Å². The molecule has 2 heterocycles. The van der Waals surface area contributed by atoms with Crippen molar-refractivity contribution in [3.05, 3.63) is 59.6 Å². The molecule has 0 aliphatic carbocycles. The van der Waals surface area contributed by atoms with Crippen molar-refractivity contribution in [3.8, 4) is 11.1 Å². The van der Waals surface area contributed by atoms with E-state index in [4.69, 9.17) is 4.74 Å².